The van der Waals surface area contributed by atoms with Crippen molar-refractivity contribution in [3.8, 4) is 11.3 Å². The van der Waals surface area contributed by atoms with Gasteiger partial charge >= 0.3 is 0 Å². The Balaban J connectivity index is 1.49. The largest absolute Gasteiger partial charge is 0.294 e. The van der Waals surface area contributed by atoms with E-state index in [-0.39, 0.29) is 11.6 Å². The Bertz CT molecular complexity index is 1700. The van der Waals surface area contributed by atoms with Crippen LogP contribution in [-0.4, -0.2) is 21.5 Å². The molecule has 1 spiro atoms. The second-order valence-corrected chi connectivity index (χ2v) is 9.82. The fourth-order valence-electron chi connectivity index (χ4n) is 5.96. The Morgan fingerprint density at radius 1 is 0.639 bits per heavy atom. The Morgan fingerprint density at radius 3 is 1.89 bits per heavy atom. The third-order valence-electron chi connectivity index (χ3n) is 7.55. The zero-order valence-electron chi connectivity index (χ0n) is 19.1. The summed E-state index contributed by atoms with van der Waals surface area (Å²) in [6.07, 6.45) is 0. The number of para-hydroxylation sites is 2. The van der Waals surface area contributed by atoms with Crippen LogP contribution in [0.5, 0.6) is 0 Å². The number of hydrogen-bond donors (Lipinski definition) is 0. The molecule has 1 heterocycles. The van der Waals surface area contributed by atoms with E-state index in [2.05, 4.69) is 0 Å². The van der Waals surface area contributed by atoms with E-state index in [4.69, 9.17) is 21.6 Å². The van der Waals surface area contributed by atoms with Crippen LogP contribution in [0.2, 0.25) is 5.02 Å². The first-order valence-electron chi connectivity index (χ1n) is 11.9. The van der Waals surface area contributed by atoms with E-state index in [9.17, 15) is 9.59 Å². The van der Waals surface area contributed by atoms with E-state index in [1.165, 1.54) is 0 Å². The van der Waals surface area contributed by atoms with Gasteiger partial charge in [-0.15, -0.1) is 0 Å². The van der Waals surface area contributed by atoms with Crippen LogP contribution in [0.25, 0.3) is 22.3 Å². The summed E-state index contributed by atoms with van der Waals surface area (Å²) in [6.45, 7) is 0. The lowest BCUT2D eigenvalue weighted by Crippen LogP contribution is -2.18. The molecule has 0 aliphatic heterocycles. The maximum Gasteiger partial charge on any atom is 0.168 e. The van der Waals surface area contributed by atoms with Crippen LogP contribution in [0.15, 0.2) is 103 Å². The molecule has 2 aliphatic rings. The minimum Gasteiger partial charge on any atom is -0.294 e. The number of carbonyl (C=O) groups excluding carboxylic acids is 2. The summed E-state index contributed by atoms with van der Waals surface area (Å²) in [4.78, 5) is 38.1. The molecular formula is C31H19ClN2O2. The average Bonchev–Trinajstić information content (AvgIpc) is 3.55. The molecule has 36 heavy (non-hydrogen) atoms. The van der Waals surface area contributed by atoms with Crippen molar-refractivity contribution in [2.24, 2.45) is 11.8 Å². The van der Waals surface area contributed by atoms with Crippen LogP contribution in [0.3, 0.4) is 0 Å². The molecule has 0 bridgehead atoms. The van der Waals surface area contributed by atoms with Crippen molar-refractivity contribution >= 4 is 34.2 Å². The standard InChI is InChI=1S/C31H19ClN2O2/c32-20-16-14-19(15-17-20)29(36)26-25(28(35)18-8-2-1-3-9-18)31(26)22-11-5-4-10-21(22)27-30(31)34-24-13-7-6-12-23(24)33-27/h1-17,25-26H/t25-,26-,31+/m0/s1. The highest BCUT2D eigenvalue weighted by Gasteiger charge is 2.76. The fourth-order valence-corrected chi connectivity index (χ4v) is 6.09. The van der Waals surface area contributed by atoms with E-state index in [0.29, 0.717) is 21.8 Å². The van der Waals surface area contributed by atoms with E-state index >= 15 is 0 Å². The van der Waals surface area contributed by atoms with E-state index in [0.717, 1.165) is 27.9 Å². The van der Waals surface area contributed by atoms with Crippen molar-refractivity contribution in [3.05, 3.63) is 131 Å². The van der Waals surface area contributed by atoms with E-state index < -0.39 is 17.3 Å². The first-order valence-corrected chi connectivity index (χ1v) is 12.2. The molecule has 5 aromatic rings. The summed E-state index contributed by atoms with van der Waals surface area (Å²) in [5.74, 6) is -1.32. The zero-order chi connectivity index (χ0) is 24.4. The SMILES string of the molecule is O=C(c1ccccc1)[C@@H]1[C@@H](C(=O)c2ccc(Cl)cc2)[C@@]12c1ccccc1-c1nc3ccccc3nc12. The van der Waals surface area contributed by atoms with Crippen molar-refractivity contribution in [2.45, 2.75) is 5.41 Å². The Morgan fingerprint density at radius 2 is 1.19 bits per heavy atom. The number of hydrogen-bond acceptors (Lipinski definition) is 4. The van der Waals surface area contributed by atoms with Crippen molar-refractivity contribution < 1.29 is 9.59 Å². The molecule has 1 fully saturated rings. The molecule has 172 valence electrons. The van der Waals surface area contributed by atoms with Crippen LogP contribution < -0.4 is 0 Å². The average molecular weight is 487 g/mol. The number of benzene rings is 4. The third kappa shape index (κ3) is 2.82. The lowest BCUT2D eigenvalue weighted by atomic mass is 9.89. The molecule has 0 saturated heterocycles. The van der Waals surface area contributed by atoms with Gasteiger partial charge < -0.3 is 0 Å². The number of fused-ring (bicyclic) bond motifs is 6. The third-order valence-corrected chi connectivity index (χ3v) is 7.80. The number of nitrogens with zero attached hydrogens (tertiary/aromatic N) is 2. The smallest absolute Gasteiger partial charge is 0.168 e. The molecule has 4 nitrogen and oxygen atoms in total. The Hall–Kier alpha value is -4.15. The minimum atomic E-state index is -0.868. The quantitative estimate of drug-likeness (QED) is 0.270. The molecule has 7 rings (SSSR count). The van der Waals surface area contributed by atoms with Crippen molar-refractivity contribution in [2.75, 3.05) is 0 Å². The predicted octanol–water partition coefficient (Wildman–Crippen LogP) is 6.56. The predicted molar refractivity (Wildman–Crippen MR) is 139 cm³/mol. The summed E-state index contributed by atoms with van der Waals surface area (Å²) in [5, 5.41) is 0.558. The summed E-state index contributed by atoms with van der Waals surface area (Å²) in [5.41, 5.74) is 5.13. The highest BCUT2D eigenvalue weighted by atomic mass is 35.5. The van der Waals surface area contributed by atoms with Crippen molar-refractivity contribution in [1.82, 2.24) is 9.97 Å². The summed E-state index contributed by atoms with van der Waals surface area (Å²) in [7, 11) is 0. The molecule has 3 atom stereocenters. The lowest BCUT2D eigenvalue weighted by molar-refractivity contribution is 0.0906. The molecule has 1 saturated carbocycles. The second kappa shape index (κ2) is 7.67. The summed E-state index contributed by atoms with van der Waals surface area (Å²) >= 11 is 6.10. The number of carbonyl (C=O) groups is 2. The van der Waals surface area contributed by atoms with Gasteiger partial charge in [0.2, 0.25) is 0 Å². The summed E-state index contributed by atoms with van der Waals surface area (Å²) < 4.78 is 0. The number of halogens is 1. The molecule has 2 aliphatic carbocycles. The van der Waals surface area contributed by atoms with Gasteiger partial charge in [0.25, 0.3) is 0 Å². The number of aromatic nitrogens is 2. The van der Waals surface area contributed by atoms with Crippen LogP contribution in [0, 0.1) is 11.8 Å². The highest BCUT2D eigenvalue weighted by Crippen LogP contribution is 2.70. The van der Waals surface area contributed by atoms with Gasteiger partial charge in [-0.25, -0.2) is 9.97 Å². The number of Topliss-reactive ketones (excluding diaryl/α,β-unsaturated/α-hetero) is 2. The van der Waals surface area contributed by atoms with Gasteiger partial charge in [0.1, 0.15) is 0 Å². The molecule has 4 aromatic carbocycles. The molecule has 5 heteroatoms. The number of ketones is 2. The Labute approximate surface area is 212 Å². The molecule has 1 aromatic heterocycles. The first-order chi connectivity index (χ1) is 17.6. The van der Waals surface area contributed by atoms with Crippen LogP contribution in [0.1, 0.15) is 32.0 Å². The van der Waals surface area contributed by atoms with Gasteiger partial charge in [-0.1, -0.05) is 78.3 Å². The van der Waals surface area contributed by atoms with Crippen LogP contribution >= 0.6 is 11.6 Å². The van der Waals surface area contributed by atoms with E-state index in [1.54, 1.807) is 24.3 Å². The van der Waals surface area contributed by atoms with Crippen molar-refractivity contribution in [1.29, 1.82) is 0 Å². The van der Waals surface area contributed by atoms with Gasteiger partial charge in [-0.05, 0) is 42.0 Å². The second-order valence-electron chi connectivity index (χ2n) is 9.38. The monoisotopic (exact) mass is 486 g/mol. The van der Waals surface area contributed by atoms with Crippen LogP contribution in [0.4, 0.5) is 0 Å². The maximum atomic E-state index is 14.1. The van der Waals surface area contributed by atoms with Crippen LogP contribution in [-0.2, 0) is 5.41 Å². The molecular weight excluding hydrogens is 468 g/mol. The fraction of sp³-hybridized carbons (Fsp3) is 0.0968. The van der Waals surface area contributed by atoms with Gasteiger partial charge in [-0.2, -0.15) is 0 Å². The van der Waals surface area contributed by atoms with Gasteiger partial charge in [-0.3, -0.25) is 9.59 Å². The van der Waals surface area contributed by atoms with E-state index in [1.807, 2.05) is 78.9 Å². The minimum absolute atomic E-state index is 0.0551. The maximum absolute atomic E-state index is 14.1. The number of rotatable bonds is 4. The molecule has 0 radical (unpaired) electrons. The highest BCUT2D eigenvalue weighted by molar-refractivity contribution is 6.30. The zero-order valence-corrected chi connectivity index (χ0v) is 19.8. The molecule has 0 amide bonds. The van der Waals surface area contributed by atoms with Gasteiger partial charge in [0, 0.05) is 33.5 Å². The summed E-state index contributed by atoms with van der Waals surface area (Å²) in [6, 6.07) is 31.8. The molecule has 0 N–H and O–H groups in total. The molecule has 0 unspecified atom stereocenters. The normalized spacial score (nSPS) is 21.2. The van der Waals surface area contributed by atoms with Gasteiger partial charge in [0.05, 0.1) is 27.8 Å². The topological polar surface area (TPSA) is 59.9 Å². The lowest BCUT2D eigenvalue weighted by Gasteiger charge is -2.14. The van der Waals surface area contributed by atoms with Gasteiger partial charge in [0.15, 0.2) is 11.6 Å². The van der Waals surface area contributed by atoms with Crippen molar-refractivity contribution in [3.63, 3.8) is 0 Å². The first kappa shape index (κ1) is 21.2. The Kier molecular flexibility index (Phi) is 4.51.